The van der Waals surface area contributed by atoms with E-state index in [2.05, 4.69) is 11.5 Å². The number of esters is 2. The third-order valence-corrected chi connectivity index (χ3v) is 2.33. The molecule has 0 aromatic heterocycles. The molecule has 0 aromatic carbocycles. The van der Waals surface area contributed by atoms with Crippen molar-refractivity contribution in [2.75, 3.05) is 13.2 Å². The van der Waals surface area contributed by atoms with Crippen LogP contribution in [0.15, 0.2) is 0 Å². The molecule has 6 N–H and O–H groups in total. The Balaban J connectivity index is 3.27. The van der Waals surface area contributed by atoms with Crippen LogP contribution >= 0.6 is 0 Å². The number of carbonyl (C=O) groups excluding carboxylic acids is 2. The van der Waals surface area contributed by atoms with Crippen LogP contribution in [0.5, 0.6) is 0 Å². The lowest BCUT2D eigenvalue weighted by atomic mass is 10.2. The summed E-state index contributed by atoms with van der Waals surface area (Å²) in [5.41, 5.74) is 7.16. The van der Waals surface area contributed by atoms with Gasteiger partial charge in [0.15, 0.2) is 12.1 Å². The van der Waals surface area contributed by atoms with Crippen molar-refractivity contribution in [1.29, 1.82) is 0 Å². The lowest BCUT2D eigenvalue weighted by Crippen LogP contribution is -2.63. The van der Waals surface area contributed by atoms with Crippen LogP contribution in [0.4, 0.5) is 0 Å². The van der Waals surface area contributed by atoms with Gasteiger partial charge in [0, 0.05) is 0 Å². The standard InChI is InChI=1S/C12H24N2O4/c1-9(13)11(15)17-7-5-3-4-6-8-18-12(16)10(2)14/h9-10H,3-8,13-14H2,1-2H3/p+2. The van der Waals surface area contributed by atoms with E-state index in [0.29, 0.717) is 13.2 Å². The normalized spacial score (nSPS) is 13.8. The van der Waals surface area contributed by atoms with Gasteiger partial charge >= 0.3 is 11.9 Å². The second-order valence-electron chi connectivity index (χ2n) is 4.55. The average Bonchev–Trinajstić information content (AvgIpc) is 2.31. The highest BCUT2D eigenvalue weighted by atomic mass is 16.5. The van der Waals surface area contributed by atoms with Crippen molar-refractivity contribution in [2.45, 2.75) is 51.6 Å². The number of ether oxygens (including phenoxy) is 2. The summed E-state index contributed by atoms with van der Waals surface area (Å²) >= 11 is 0. The number of hydrogen-bond acceptors (Lipinski definition) is 4. The quantitative estimate of drug-likeness (QED) is 0.406. The number of rotatable bonds is 9. The minimum atomic E-state index is -0.311. The molecule has 0 fully saturated rings. The summed E-state index contributed by atoms with van der Waals surface area (Å²) in [5, 5.41) is 0. The molecule has 0 saturated heterocycles. The summed E-state index contributed by atoms with van der Waals surface area (Å²) in [4.78, 5) is 22.1. The van der Waals surface area contributed by atoms with Gasteiger partial charge in [-0.2, -0.15) is 0 Å². The maximum Gasteiger partial charge on any atom is 0.364 e. The molecule has 0 aliphatic carbocycles. The van der Waals surface area contributed by atoms with Crippen molar-refractivity contribution in [3.8, 4) is 0 Å². The van der Waals surface area contributed by atoms with E-state index in [-0.39, 0.29) is 24.0 Å². The average molecular weight is 262 g/mol. The smallest absolute Gasteiger partial charge is 0.364 e. The molecule has 106 valence electrons. The van der Waals surface area contributed by atoms with Crippen molar-refractivity contribution in [2.24, 2.45) is 0 Å². The van der Waals surface area contributed by atoms with E-state index in [0.717, 1.165) is 25.7 Å². The Morgan fingerprint density at radius 2 is 1.17 bits per heavy atom. The van der Waals surface area contributed by atoms with Crippen molar-refractivity contribution >= 4 is 11.9 Å². The molecule has 0 aliphatic rings. The van der Waals surface area contributed by atoms with Gasteiger partial charge in [-0.05, 0) is 39.5 Å². The molecular weight excluding hydrogens is 236 g/mol. The predicted molar refractivity (Wildman–Crippen MR) is 65.1 cm³/mol. The molecule has 0 heterocycles. The Morgan fingerprint density at radius 3 is 1.44 bits per heavy atom. The van der Waals surface area contributed by atoms with Gasteiger partial charge in [0.25, 0.3) is 0 Å². The summed E-state index contributed by atoms with van der Waals surface area (Å²) in [5.74, 6) is -0.512. The van der Waals surface area contributed by atoms with E-state index in [4.69, 9.17) is 9.47 Å². The van der Waals surface area contributed by atoms with Crippen molar-refractivity contribution in [1.82, 2.24) is 0 Å². The Hall–Kier alpha value is -1.14. The van der Waals surface area contributed by atoms with Crippen LogP contribution in [0.25, 0.3) is 0 Å². The summed E-state index contributed by atoms with van der Waals surface area (Å²) in [6.45, 7) is 4.29. The highest BCUT2D eigenvalue weighted by Crippen LogP contribution is 2.01. The monoisotopic (exact) mass is 262 g/mol. The first kappa shape index (κ1) is 16.9. The van der Waals surface area contributed by atoms with Gasteiger partial charge in [-0.25, -0.2) is 9.59 Å². The lowest BCUT2D eigenvalue weighted by molar-refractivity contribution is -0.403. The molecule has 0 aromatic rings. The molecule has 0 radical (unpaired) electrons. The van der Waals surface area contributed by atoms with Crippen LogP contribution in [0.1, 0.15) is 39.5 Å². The molecular formula is C12H26N2O4+2. The molecule has 2 atom stereocenters. The summed E-state index contributed by atoms with van der Waals surface area (Å²) in [7, 11) is 0. The first-order chi connectivity index (χ1) is 8.45. The Morgan fingerprint density at radius 1 is 0.833 bits per heavy atom. The van der Waals surface area contributed by atoms with E-state index < -0.39 is 0 Å². The zero-order valence-electron chi connectivity index (χ0n) is 11.4. The zero-order valence-corrected chi connectivity index (χ0v) is 11.4. The third-order valence-electron chi connectivity index (χ3n) is 2.33. The van der Waals surface area contributed by atoms with Gasteiger partial charge in [-0.3, -0.25) is 0 Å². The molecule has 0 amide bonds. The van der Waals surface area contributed by atoms with E-state index in [1.54, 1.807) is 13.8 Å². The fourth-order valence-electron chi connectivity index (χ4n) is 1.19. The van der Waals surface area contributed by atoms with E-state index >= 15 is 0 Å². The maximum absolute atomic E-state index is 11.1. The number of carbonyl (C=O) groups is 2. The first-order valence-electron chi connectivity index (χ1n) is 6.44. The van der Waals surface area contributed by atoms with Gasteiger partial charge in [-0.15, -0.1) is 0 Å². The molecule has 6 nitrogen and oxygen atoms in total. The predicted octanol–water partition coefficient (Wildman–Crippen LogP) is -1.11. The Labute approximate surface area is 108 Å². The minimum absolute atomic E-state index is 0.256. The SMILES string of the molecule is CC([NH3+])C(=O)OCCCCCCOC(=O)C(C)[NH3+]. The fourth-order valence-corrected chi connectivity index (χ4v) is 1.19. The van der Waals surface area contributed by atoms with Crippen LogP contribution in [0.3, 0.4) is 0 Å². The topological polar surface area (TPSA) is 108 Å². The van der Waals surface area contributed by atoms with Gasteiger partial charge in [0.05, 0.1) is 13.2 Å². The fraction of sp³-hybridized carbons (Fsp3) is 0.833. The van der Waals surface area contributed by atoms with Gasteiger partial charge in [-0.1, -0.05) is 0 Å². The Bertz CT molecular complexity index is 228. The molecule has 0 spiro atoms. The molecule has 2 unspecified atom stereocenters. The van der Waals surface area contributed by atoms with E-state index in [1.165, 1.54) is 0 Å². The summed E-state index contributed by atoms with van der Waals surface area (Å²) in [6.07, 6.45) is 3.57. The molecule has 0 bridgehead atoms. The highest BCUT2D eigenvalue weighted by molar-refractivity contribution is 5.73. The molecule has 0 saturated carbocycles. The number of hydrogen-bond donors (Lipinski definition) is 2. The summed E-state index contributed by atoms with van der Waals surface area (Å²) < 4.78 is 9.97. The van der Waals surface area contributed by atoms with Gasteiger partial charge in [0.2, 0.25) is 0 Å². The second kappa shape index (κ2) is 9.85. The molecule has 18 heavy (non-hydrogen) atoms. The van der Waals surface area contributed by atoms with Crippen LogP contribution in [-0.2, 0) is 19.1 Å². The van der Waals surface area contributed by atoms with Crippen molar-refractivity contribution in [3.05, 3.63) is 0 Å². The lowest BCUT2D eigenvalue weighted by Gasteiger charge is -2.06. The number of quaternary nitrogens is 2. The number of unbranched alkanes of at least 4 members (excludes halogenated alkanes) is 3. The highest BCUT2D eigenvalue weighted by Gasteiger charge is 2.12. The minimum Gasteiger partial charge on any atom is -0.461 e. The first-order valence-corrected chi connectivity index (χ1v) is 6.44. The second-order valence-corrected chi connectivity index (χ2v) is 4.55. The van der Waals surface area contributed by atoms with Crippen LogP contribution < -0.4 is 11.5 Å². The van der Waals surface area contributed by atoms with E-state index in [9.17, 15) is 9.59 Å². The van der Waals surface area contributed by atoms with Crippen LogP contribution in [-0.4, -0.2) is 37.2 Å². The maximum atomic E-state index is 11.1. The molecule has 0 aliphatic heterocycles. The van der Waals surface area contributed by atoms with Crippen molar-refractivity contribution in [3.63, 3.8) is 0 Å². The van der Waals surface area contributed by atoms with Crippen LogP contribution in [0, 0.1) is 0 Å². The van der Waals surface area contributed by atoms with Crippen LogP contribution in [0.2, 0.25) is 0 Å². The largest absolute Gasteiger partial charge is 0.461 e. The van der Waals surface area contributed by atoms with E-state index in [1.807, 2.05) is 0 Å². The Kier molecular flexibility index (Phi) is 9.22. The summed E-state index contributed by atoms with van der Waals surface area (Å²) in [6, 6.07) is -0.622. The molecule has 0 rings (SSSR count). The third kappa shape index (κ3) is 8.95. The zero-order chi connectivity index (χ0) is 14.0. The van der Waals surface area contributed by atoms with Gasteiger partial charge < -0.3 is 20.9 Å². The molecule has 6 heteroatoms. The van der Waals surface area contributed by atoms with Crippen molar-refractivity contribution < 1.29 is 30.5 Å². The van der Waals surface area contributed by atoms with Gasteiger partial charge in [0.1, 0.15) is 0 Å².